The van der Waals surface area contributed by atoms with E-state index in [2.05, 4.69) is 32.3 Å². The summed E-state index contributed by atoms with van der Waals surface area (Å²) in [7, 11) is 1.70. The molecule has 1 saturated heterocycles. The number of nitrogens with zero attached hydrogens (tertiary/aromatic N) is 2. The first-order chi connectivity index (χ1) is 17.0. The van der Waals surface area contributed by atoms with Gasteiger partial charge in [-0.3, -0.25) is 4.79 Å². The first-order valence-electron chi connectivity index (χ1n) is 12.0. The molecule has 5 heterocycles. The van der Waals surface area contributed by atoms with Gasteiger partial charge in [0.25, 0.3) is 5.91 Å². The topological polar surface area (TPSA) is 105 Å². The van der Waals surface area contributed by atoms with Crippen LogP contribution in [0.4, 0.5) is 0 Å². The molecule has 4 atom stereocenters. The van der Waals surface area contributed by atoms with Crippen molar-refractivity contribution in [2.45, 2.75) is 44.0 Å². The summed E-state index contributed by atoms with van der Waals surface area (Å²) >= 11 is 0. The van der Waals surface area contributed by atoms with Crippen molar-refractivity contribution in [3.63, 3.8) is 0 Å². The lowest BCUT2D eigenvalue weighted by molar-refractivity contribution is -0.476. The number of aromatic nitrogens is 2. The van der Waals surface area contributed by atoms with Crippen molar-refractivity contribution < 1.29 is 25.1 Å². The van der Waals surface area contributed by atoms with Crippen LogP contribution in [0.1, 0.15) is 35.5 Å². The van der Waals surface area contributed by atoms with E-state index in [9.17, 15) is 9.90 Å². The molecule has 2 bridgehead atoms. The number of ether oxygens (including phenoxy) is 2. The van der Waals surface area contributed by atoms with Crippen molar-refractivity contribution in [2.75, 3.05) is 7.11 Å². The van der Waals surface area contributed by atoms with Crippen LogP contribution >= 0.6 is 0 Å². The highest BCUT2D eigenvalue weighted by molar-refractivity contribution is 6.31. The number of quaternary nitrogens is 1. The van der Waals surface area contributed by atoms with E-state index in [4.69, 9.17) is 9.47 Å². The number of aromatic hydroxyl groups is 1. The van der Waals surface area contributed by atoms with E-state index in [0.29, 0.717) is 18.5 Å². The molecule has 8 rings (SSSR count). The van der Waals surface area contributed by atoms with Crippen LogP contribution in [-0.2, 0) is 21.7 Å². The highest BCUT2D eigenvalue weighted by atomic mass is 16.6. The van der Waals surface area contributed by atoms with Gasteiger partial charge in [-0.15, -0.1) is 0 Å². The summed E-state index contributed by atoms with van der Waals surface area (Å²) in [6.45, 7) is 2.48. The average molecular weight is 470 g/mol. The van der Waals surface area contributed by atoms with Crippen LogP contribution in [-0.4, -0.2) is 39.4 Å². The van der Waals surface area contributed by atoms with Crippen molar-refractivity contribution in [3.8, 4) is 5.75 Å². The molecule has 8 heteroatoms. The minimum atomic E-state index is -0.930. The van der Waals surface area contributed by atoms with Gasteiger partial charge in [0, 0.05) is 41.6 Å². The molecular formula is C27H25N4O4+. The quantitative estimate of drug-likeness (QED) is 0.351. The van der Waals surface area contributed by atoms with Crippen molar-refractivity contribution >= 4 is 49.5 Å². The van der Waals surface area contributed by atoms with Gasteiger partial charge in [-0.05, 0) is 24.6 Å². The minimum Gasteiger partial charge on any atom is -0.506 e. The molecule has 3 aliphatic heterocycles. The lowest BCUT2D eigenvalue weighted by Crippen LogP contribution is -2.74. The van der Waals surface area contributed by atoms with Gasteiger partial charge in [0.2, 0.25) is 0 Å². The van der Waals surface area contributed by atoms with Crippen molar-refractivity contribution in [2.24, 2.45) is 0 Å². The number of nitrogens with one attached hydrogen (secondary N) is 1. The lowest BCUT2D eigenvalue weighted by Gasteiger charge is -2.45. The molecule has 5 N–H and O–H groups in total. The third-order valence-electron chi connectivity index (χ3n) is 8.43. The Morgan fingerprint density at radius 3 is 2.74 bits per heavy atom. The van der Waals surface area contributed by atoms with Gasteiger partial charge >= 0.3 is 0 Å². The number of carbonyl (C=O) groups is 1. The van der Waals surface area contributed by atoms with Crippen LogP contribution in [0.3, 0.4) is 0 Å². The second-order valence-electron chi connectivity index (χ2n) is 10.2. The molecule has 2 aromatic heterocycles. The van der Waals surface area contributed by atoms with Gasteiger partial charge in [0.1, 0.15) is 18.0 Å². The number of phenolic OH excluding ortho intramolecular Hbond substituents is 1. The molecule has 1 fully saturated rings. The van der Waals surface area contributed by atoms with E-state index in [1.807, 2.05) is 31.2 Å². The molecule has 3 aromatic carbocycles. The van der Waals surface area contributed by atoms with E-state index in [-0.39, 0.29) is 30.0 Å². The van der Waals surface area contributed by atoms with Crippen LogP contribution in [0.25, 0.3) is 43.6 Å². The number of rotatable bonds is 1. The average Bonchev–Trinajstić information content (AvgIpc) is 3.47. The number of para-hydroxylation sites is 2. The van der Waals surface area contributed by atoms with Gasteiger partial charge in [0.05, 0.1) is 27.6 Å². The number of carbonyl (C=O) groups excluding carboxylic acids is 1. The summed E-state index contributed by atoms with van der Waals surface area (Å²) in [6, 6.07) is 13.7. The number of hydrogen-bond acceptors (Lipinski definition) is 4. The van der Waals surface area contributed by atoms with Crippen LogP contribution in [0.15, 0.2) is 42.5 Å². The normalized spacial score (nSPS) is 27.3. The summed E-state index contributed by atoms with van der Waals surface area (Å²) in [4.78, 5) is 13.3. The predicted molar refractivity (Wildman–Crippen MR) is 131 cm³/mol. The molecule has 0 spiro atoms. The molecule has 0 saturated carbocycles. The Labute approximate surface area is 199 Å². The van der Waals surface area contributed by atoms with Crippen LogP contribution in [0, 0.1) is 0 Å². The molecule has 8 nitrogen and oxygen atoms in total. The zero-order chi connectivity index (χ0) is 23.8. The Hall–Kier alpha value is -3.59. The van der Waals surface area contributed by atoms with E-state index in [1.54, 1.807) is 13.2 Å². The van der Waals surface area contributed by atoms with Gasteiger partial charge < -0.3 is 34.8 Å². The largest absolute Gasteiger partial charge is 0.506 e. The Bertz CT molecular complexity index is 1780. The Kier molecular flexibility index (Phi) is 3.46. The fraction of sp³-hybridized carbons (Fsp3) is 0.296. The SMILES string of the molecule is CO[C@@H]1[C@H]([NH3+])C[C@H]2O[C@]1(C)n1c3c(O)cccc3c3c4c(c5c6ccccc6n2c5c31)C(=O)NC4. The zero-order valence-electron chi connectivity index (χ0n) is 19.5. The second-order valence-corrected chi connectivity index (χ2v) is 10.2. The number of hydrogen-bond donors (Lipinski definition) is 3. The fourth-order valence-corrected chi connectivity index (χ4v) is 7.26. The van der Waals surface area contributed by atoms with Crippen LogP contribution in [0.5, 0.6) is 5.75 Å². The van der Waals surface area contributed by atoms with Crippen molar-refractivity contribution in [1.29, 1.82) is 0 Å². The number of phenols is 1. The highest BCUT2D eigenvalue weighted by Gasteiger charge is 2.54. The maximum absolute atomic E-state index is 13.3. The standard InChI is InChI=1S/C27H24N4O4/c1-27-25(34-2)15(28)10-18(35-27)30-16-8-4-3-6-12(16)20-21-14(11-29-26(21)33)19-13-7-5-9-17(32)22(13)31(27)24(19)23(20)30/h3-9,15,18,25,32H,10-11,28H2,1-2H3,(H,29,33)/p+1/t15-,18-,25-,27+/m1/s1. The molecule has 35 heavy (non-hydrogen) atoms. The predicted octanol–water partition coefficient (Wildman–Crippen LogP) is 3.08. The second kappa shape index (κ2) is 6.15. The maximum atomic E-state index is 13.3. The Morgan fingerprint density at radius 1 is 1.11 bits per heavy atom. The first-order valence-corrected chi connectivity index (χ1v) is 12.0. The zero-order valence-corrected chi connectivity index (χ0v) is 19.5. The fourth-order valence-electron chi connectivity index (χ4n) is 7.26. The number of fused-ring (bicyclic) bond motifs is 13. The molecule has 1 amide bonds. The smallest absolute Gasteiger partial charge is 0.252 e. The third kappa shape index (κ3) is 2.05. The summed E-state index contributed by atoms with van der Waals surface area (Å²) in [6.07, 6.45) is 0.0281. The summed E-state index contributed by atoms with van der Waals surface area (Å²) < 4.78 is 17.4. The molecule has 0 aliphatic carbocycles. The number of methoxy groups -OCH3 is 1. The molecule has 5 aromatic rings. The number of benzene rings is 3. The summed E-state index contributed by atoms with van der Waals surface area (Å²) in [5.74, 6) is 0.111. The monoisotopic (exact) mass is 469 g/mol. The molecule has 176 valence electrons. The van der Waals surface area contributed by atoms with Crippen LogP contribution in [0.2, 0.25) is 0 Å². The minimum absolute atomic E-state index is 0.0530. The molecule has 0 unspecified atom stereocenters. The lowest BCUT2D eigenvalue weighted by atomic mass is 9.93. The molecule has 0 radical (unpaired) electrons. The summed E-state index contributed by atoms with van der Waals surface area (Å²) in [5, 5.41) is 18.1. The van der Waals surface area contributed by atoms with E-state index in [0.717, 1.165) is 49.2 Å². The third-order valence-corrected chi connectivity index (χ3v) is 8.43. The van der Waals surface area contributed by atoms with Gasteiger partial charge in [0.15, 0.2) is 11.8 Å². The maximum Gasteiger partial charge on any atom is 0.252 e. The number of amides is 1. The van der Waals surface area contributed by atoms with Crippen LogP contribution < -0.4 is 11.1 Å². The van der Waals surface area contributed by atoms with Gasteiger partial charge in [-0.1, -0.05) is 30.3 Å². The van der Waals surface area contributed by atoms with Gasteiger partial charge in [-0.25, -0.2) is 0 Å². The van der Waals surface area contributed by atoms with E-state index >= 15 is 0 Å². The molecular weight excluding hydrogens is 444 g/mol. The highest BCUT2D eigenvalue weighted by Crippen LogP contribution is 2.54. The van der Waals surface area contributed by atoms with Crippen molar-refractivity contribution in [1.82, 2.24) is 14.5 Å². The Morgan fingerprint density at radius 2 is 1.91 bits per heavy atom. The van der Waals surface area contributed by atoms with Crippen molar-refractivity contribution in [3.05, 3.63) is 53.6 Å². The summed E-state index contributed by atoms with van der Waals surface area (Å²) in [5.41, 5.74) is 8.87. The Balaban J connectivity index is 1.76. The van der Waals surface area contributed by atoms with Gasteiger partial charge in [-0.2, -0.15) is 0 Å². The molecule has 3 aliphatic rings. The first kappa shape index (κ1) is 19.7. The van der Waals surface area contributed by atoms with E-state index < -0.39 is 5.72 Å². The van der Waals surface area contributed by atoms with E-state index in [1.165, 1.54) is 0 Å².